The molecule has 0 spiro atoms. The summed E-state index contributed by atoms with van der Waals surface area (Å²) < 4.78 is 2.30. The van der Waals surface area contributed by atoms with E-state index in [4.69, 9.17) is 5.11 Å². The lowest BCUT2D eigenvalue weighted by molar-refractivity contribution is 0.322. The van der Waals surface area contributed by atoms with E-state index in [1.807, 2.05) is 0 Å². The number of aliphatic hydroxyl groups excluding tert-OH is 1. The van der Waals surface area contributed by atoms with Crippen molar-refractivity contribution in [2.75, 3.05) is 30.3 Å². The van der Waals surface area contributed by atoms with E-state index < -0.39 is 0 Å². The molecule has 0 unspecified atom stereocenters. The van der Waals surface area contributed by atoms with Crippen LogP contribution in [0.15, 0.2) is 5.16 Å². The van der Waals surface area contributed by atoms with Gasteiger partial charge in [-0.25, -0.2) is 0 Å². The normalized spacial score (nSPS) is 20.4. The second-order valence-corrected chi connectivity index (χ2v) is 6.07. The maximum atomic E-state index is 8.94. The molecule has 3 rings (SSSR count). The fourth-order valence-corrected chi connectivity index (χ4v) is 3.21. The van der Waals surface area contributed by atoms with E-state index in [9.17, 15) is 0 Å². The smallest absolute Gasteiger partial charge is 0.228 e. The molecule has 1 saturated heterocycles. The molecule has 0 radical (unpaired) electrons. The van der Waals surface area contributed by atoms with Crippen molar-refractivity contribution in [3.63, 3.8) is 0 Å². The molecule has 0 amide bonds. The standard InChI is InChI=1S/C12H20N4OS/c17-8-9-18-12-14-13-11(16(12)10-4-5-10)15-6-2-1-3-7-15/h10,17H,1-9H2. The molecule has 5 nitrogen and oxygen atoms in total. The van der Waals surface area contributed by atoms with E-state index in [2.05, 4.69) is 19.7 Å². The van der Waals surface area contributed by atoms with Crippen molar-refractivity contribution in [1.29, 1.82) is 0 Å². The van der Waals surface area contributed by atoms with E-state index >= 15 is 0 Å². The molecule has 1 saturated carbocycles. The van der Waals surface area contributed by atoms with Crippen molar-refractivity contribution in [1.82, 2.24) is 14.8 Å². The summed E-state index contributed by atoms with van der Waals surface area (Å²) in [6.07, 6.45) is 6.34. The Labute approximate surface area is 112 Å². The quantitative estimate of drug-likeness (QED) is 0.824. The Balaban J connectivity index is 1.81. The summed E-state index contributed by atoms with van der Waals surface area (Å²) in [5, 5.41) is 18.6. The Kier molecular flexibility index (Phi) is 3.75. The zero-order valence-electron chi connectivity index (χ0n) is 10.6. The van der Waals surface area contributed by atoms with Gasteiger partial charge in [-0.2, -0.15) is 0 Å². The fourth-order valence-electron chi connectivity index (χ4n) is 2.47. The molecule has 6 heteroatoms. The Morgan fingerprint density at radius 3 is 2.61 bits per heavy atom. The van der Waals surface area contributed by atoms with Crippen LogP contribution in [-0.2, 0) is 0 Å². The van der Waals surface area contributed by atoms with Crippen LogP contribution < -0.4 is 4.90 Å². The molecule has 0 bridgehead atoms. The van der Waals surface area contributed by atoms with Gasteiger partial charge in [0, 0.05) is 24.9 Å². The minimum atomic E-state index is 0.196. The predicted octanol–water partition coefficient (Wildman–Crippen LogP) is 1.69. The number of rotatable bonds is 5. The van der Waals surface area contributed by atoms with Gasteiger partial charge in [-0.15, -0.1) is 10.2 Å². The average molecular weight is 268 g/mol. The van der Waals surface area contributed by atoms with Crippen LogP contribution >= 0.6 is 11.8 Å². The minimum Gasteiger partial charge on any atom is -0.396 e. The van der Waals surface area contributed by atoms with Gasteiger partial charge in [0.25, 0.3) is 0 Å². The van der Waals surface area contributed by atoms with Gasteiger partial charge in [0.15, 0.2) is 5.16 Å². The summed E-state index contributed by atoms with van der Waals surface area (Å²) >= 11 is 1.61. The minimum absolute atomic E-state index is 0.196. The number of thioether (sulfide) groups is 1. The lowest BCUT2D eigenvalue weighted by Gasteiger charge is -2.27. The first-order valence-electron chi connectivity index (χ1n) is 6.83. The molecule has 1 aliphatic heterocycles. The first-order valence-corrected chi connectivity index (χ1v) is 7.82. The highest BCUT2D eigenvalue weighted by atomic mass is 32.2. The number of aromatic nitrogens is 3. The van der Waals surface area contributed by atoms with Gasteiger partial charge in [0.05, 0.1) is 6.61 Å². The van der Waals surface area contributed by atoms with Crippen molar-refractivity contribution >= 4 is 17.7 Å². The largest absolute Gasteiger partial charge is 0.396 e. The Morgan fingerprint density at radius 1 is 1.17 bits per heavy atom. The fraction of sp³-hybridized carbons (Fsp3) is 0.833. The summed E-state index contributed by atoms with van der Waals surface area (Å²) in [5.41, 5.74) is 0. The lowest BCUT2D eigenvalue weighted by atomic mass is 10.1. The van der Waals surface area contributed by atoms with Crippen LogP contribution in [0, 0.1) is 0 Å². The molecule has 0 atom stereocenters. The summed E-state index contributed by atoms with van der Waals surface area (Å²) in [7, 11) is 0. The van der Waals surface area contributed by atoms with E-state index in [0.29, 0.717) is 11.8 Å². The second kappa shape index (κ2) is 5.48. The molecule has 1 N–H and O–H groups in total. The summed E-state index contributed by atoms with van der Waals surface area (Å²) in [6, 6.07) is 0.595. The third-order valence-electron chi connectivity index (χ3n) is 3.52. The predicted molar refractivity (Wildman–Crippen MR) is 72.2 cm³/mol. The van der Waals surface area contributed by atoms with Crippen LogP contribution in [0.4, 0.5) is 5.95 Å². The molecule has 1 aliphatic carbocycles. The van der Waals surface area contributed by atoms with E-state index in [1.54, 1.807) is 11.8 Å². The van der Waals surface area contributed by atoms with Crippen molar-refractivity contribution in [2.45, 2.75) is 43.3 Å². The molecule has 2 fully saturated rings. The monoisotopic (exact) mass is 268 g/mol. The van der Waals surface area contributed by atoms with Crippen molar-refractivity contribution in [3.8, 4) is 0 Å². The zero-order valence-corrected chi connectivity index (χ0v) is 11.4. The highest BCUT2D eigenvalue weighted by Gasteiger charge is 2.31. The molecular formula is C12H20N4OS. The maximum absolute atomic E-state index is 8.94. The first-order chi connectivity index (χ1) is 8.90. The Morgan fingerprint density at radius 2 is 1.94 bits per heavy atom. The Bertz CT molecular complexity index is 399. The van der Waals surface area contributed by atoms with Crippen LogP contribution in [0.5, 0.6) is 0 Å². The molecule has 2 heterocycles. The number of hydrogen-bond donors (Lipinski definition) is 1. The van der Waals surface area contributed by atoms with Crippen molar-refractivity contribution in [3.05, 3.63) is 0 Å². The molecule has 100 valence electrons. The summed E-state index contributed by atoms with van der Waals surface area (Å²) in [6.45, 7) is 2.41. The summed E-state index contributed by atoms with van der Waals surface area (Å²) in [4.78, 5) is 2.37. The van der Waals surface area contributed by atoms with Gasteiger partial charge < -0.3 is 10.0 Å². The average Bonchev–Trinajstić information content (AvgIpc) is 3.17. The zero-order chi connectivity index (χ0) is 12.4. The number of piperidine rings is 1. The lowest BCUT2D eigenvalue weighted by Crippen LogP contribution is -2.31. The second-order valence-electron chi connectivity index (χ2n) is 5.00. The molecule has 1 aromatic rings. The maximum Gasteiger partial charge on any atom is 0.228 e. The van der Waals surface area contributed by atoms with Crippen molar-refractivity contribution in [2.24, 2.45) is 0 Å². The van der Waals surface area contributed by atoms with E-state index in [0.717, 1.165) is 24.2 Å². The number of nitrogens with zero attached hydrogens (tertiary/aromatic N) is 4. The molecule has 2 aliphatic rings. The number of hydrogen-bond acceptors (Lipinski definition) is 5. The van der Waals surface area contributed by atoms with E-state index in [-0.39, 0.29) is 6.61 Å². The highest BCUT2D eigenvalue weighted by Crippen LogP contribution is 2.41. The van der Waals surface area contributed by atoms with Gasteiger partial charge in [-0.1, -0.05) is 11.8 Å². The molecule has 0 aromatic carbocycles. The van der Waals surface area contributed by atoms with Gasteiger partial charge in [-0.3, -0.25) is 4.57 Å². The molecule has 1 aromatic heterocycles. The van der Waals surface area contributed by atoms with E-state index in [1.165, 1.54) is 32.1 Å². The van der Waals surface area contributed by atoms with Crippen LogP contribution in [0.2, 0.25) is 0 Å². The van der Waals surface area contributed by atoms with Gasteiger partial charge in [0.1, 0.15) is 0 Å². The first kappa shape index (κ1) is 12.3. The van der Waals surface area contributed by atoms with Gasteiger partial charge in [0.2, 0.25) is 5.95 Å². The molecule has 18 heavy (non-hydrogen) atoms. The third-order valence-corrected chi connectivity index (χ3v) is 4.44. The topological polar surface area (TPSA) is 54.2 Å². The van der Waals surface area contributed by atoms with Crippen LogP contribution in [0.3, 0.4) is 0 Å². The third kappa shape index (κ3) is 2.49. The number of anilines is 1. The van der Waals surface area contributed by atoms with Crippen molar-refractivity contribution < 1.29 is 5.11 Å². The summed E-state index contributed by atoms with van der Waals surface area (Å²) in [5.74, 6) is 1.75. The SMILES string of the molecule is OCCSc1nnc(N2CCCCC2)n1C1CC1. The van der Waals surface area contributed by atoms with Crippen LogP contribution in [-0.4, -0.2) is 45.3 Å². The highest BCUT2D eigenvalue weighted by molar-refractivity contribution is 7.99. The molecular weight excluding hydrogens is 248 g/mol. The van der Waals surface area contributed by atoms with Gasteiger partial charge >= 0.3 is 0 Å². The number of aliphatic hydroxyl groups is 1. The van der Waals surface area contributed by atoms with Crippen LogP contribution in [0.1, 0.15) is 38.1 Å². The van der Waals surface area contributed by atoms with Crippen LogP contribution in [0.25, 0.3) is 0 Å². The van der Waals surface area contributed by atoms with Gasteiger partial charge in [-0.05, 0) is 32.1 Å². The Hall–Kier alpha value is -0.750.